The molecule has 0 aromatic carbocycles. The van der Waals surface area contributed by atoms with Crippen LogP contribution >= 0.6 is 15.9 Å². The molecule has 1 unspecified atom stereocenters. The Hall–Kier alpha value is -0.0500. The van der Waals surface area contributed by atoms with E-state index < -0.39 is 0 Å². The van der Waals surface area contributed by atoms with Crippen LogP contribution in [0.2, 0.25) is 0 Å². The van der Waals surface area contributed by atoms with Crippen molar-refractivity contribution < 1.29 is 4.79 Å². The van der Waals surface area contributed by atoms with Crippen LogP contribution in [0.15, 0.2) is 0 Å². The van der Waals surface area contributed by atoms with Crippen LogP contribution in [0, 0.1) is 5.92 Å². The van der Waals surface area contributed by atoms with E-state index in [9.17, 15) is 4.79 Å². The van der Waals surface area contributed by atoms with Crippen molar-refractivity contribution in [2.24, 2.45) is 5.92 Å². The molecule has 3 heteroatoms. The lowest BCUT2D eigenvalue weighted by Gasteiger charge is -2.19. The number of alkyl halides is 1. The number of rotatable bonds is 4. The first-order valence-electron chi connectivity index (χ1n) is 3.97. The number of halogens is 1. The van der Waals surface area contributed by atoms with Crippen molar-refractivity contribution in [3.63, 3.8) is 0 Å². The van der Waals surface area contributed by atoms with Crippen molar-refractivity contribution in [3.8, 4) is 0 Å². The Kier molecular flexibility index (Phi) is 5.56. The van der Waals surface area contributed by atoms with E-state index in [0.717, 1.165) is 6.42 Å². The summed E-state index contributed by atoms with van der Waals surface area (Å²) < 4.78 is 0. The number of amides is 1. The minimum Gasteiger partial charge on any atom is -0.352 e. The predicted molar refractivity (Wildman–Crippen MR) is 50.9 cm³/mol. The first-order valence-corrected chi connectivity index (χ1v) is 5.09. The normalized spacial score (nSPS) is 13.2. The van der Waals surface area contributed by atoms with Crippen LogP contribution < -0.4 is 5.32 Å². The van der Waals surface area contributed by atoms with Crippen molar-refractivity contribution in [2.45, 2.75) is 33.2 Å². The Morgan fingerprint density at radius 2 is 2.09 bits per heavy atom. The first-order chi connectivity index (χ1) is 5.11. The summed E-state index contributed by atoms with van der Waals surface area (Å²) in [4.78, 5) is 10.9. The molecule has 0 saturated carbocycles. The Bertz CT molecular complexity index is 125. The van der Waals surface area contributed by atoms with Gasteiger partial charge >= 0.3 is 0 Å². The third-order valence-corrected chi connectivity index (χ3v) is 2.22. The average Bonchev–Trinajstić information content (AvgIpc) is 1.99. The van der Waals surface area contributed by atoms with Gasteiger partial charge in [-0.25, -0.2) is 0 Å². The van der Waals surface area contributed by atoms with Gasteiger partial charge in [-0.2, -0.15) is 0 Å². The van der Waals surface area contributed by atoms with E-state index >= 15 is 0 Å². The Morgan fingerprint density at radius 3 is 2.36 bits per heavy atom. The standard InChI is InChI=1S/C8H16BrNO/c1-4-7(6(2)3)10-8(11)5-9/h6-7H,4-5H2,1-3H3,(H,10,11). The van der Waals surface area contributed by atoms with Crippen LogP contribution in [-0.4, -0.2) is 17.3 Å². The second-order valence-electron chi connectivity index (χ2n) is 2.96. The molecule has 11 heavy (non-hydrogen) atoms. The third kappa shape index (κ3) is 4.40. The van der Waals surface area contributed by atoms with Crippen molar-refractivity contribution >= 4 is 21.8 Å². The van der Waals surface area contributed by atoms with Crippen LogP contribution in [0.3, 0.4) is 0 Å². The number of carbonyl (C=O) groups is 1. The Morgan fingerprint density at radius 1 is 1.55 bits per heavy atom. The summed E-state index contributed by atoms with van der Waals surface area (Å²) in [6.45, 7) is 6.31. The van der Waals surface area contributed by atoms with E-state index in [-0.39, 0.29) is 5.91 Å². The molecule has 0 radical (unpaired) electrons. The molecule has 0 fully saturated rings. The number of carbonyl (C=O) groups excluding carboxylic acids is 1. The summed E-state index contributed by atoms with van der Waals surface area (Å²) in [5.74, 6) is 0.591. The minimum atomic E-state index is 0.0746. The first kappa shape index (κ1) is 11.0. The molecule has 0 heterocycles. The van der Waals surface area contributed by atoms with Crippen LogP contribution in [-0.2, 0) is 4.79 Å². The van der Waals surface area contributed by atoms with Gasteiger partial charge in [0.05, 0.1) is 5.33 Å². The summed E-state index contributed by atoms with van der Waals surface area (Å²) in [5.41, 5.74) is 0. The highest BCUT2D eigenvalue weighted by Gasteiger charge is 2.12. The highest BCUT2D eigenvalue weighted by Crippen LogP contribution is 2.04. The molecular formula is C8H16BrNO. The van der Waals surface area contributed by atoms with Gasteiger partial charge < -0.3 is 5.32 Å². The minimum absolute atomic E-state index is 0.0746. The maximum absolute atomic E-state index is 10.9. The molecule has 0 aliphatic carbocycles. The number of hydrogen-bond donors (Lipinski definition) is 1. The van der Waals surface area contributed by atoms with Crippen molar-refractivity contribution in [1.82, 2.24) is 5.32 Å². The lowest BCUT2D eigenvalue weighted by atomic mass is 10.0. The van der Waals surface area contributed by atoms with Gasteiger partial charge in [-0.1, -0.05) is 36.7 Å². The second-order valence-corrected chi connectivity index (χ2v) is 3.52. The summed E-state index contributed by atoms with van der Waals surface area (Å²) in [6.07, 6.45) is 0.996. The summed E-state index contributed by atoms with van der Waals surface area (Å²) in [5, 5.41) is 3.33. The largest absolute Gasteiger partial charge is 0.352 e. The van der Waals surface area contributed by atoms with Gasteiger partial charge in [0.15, 0.2) is 0 Å². The van der Waals surface area contributed by atoms with Gasteiger partial charge in [0.2, 0.25) is 5.91 Å². The monoisotopic (exact) mass is 221 g/mol. The molecule has 0 rings (SSSR count). The Labute approximate surface area is 76.9 Å². The zero-order valence-electron chi connectivity index (χ0n) is 7.36. The lowest BCUT2D eigenvalue weighted by Crippen LogP contribution is -2.38. The van der Waals surface area contributed by atoms with E-state index in [1.54, 1.807) is 0 Å². The van der Waals surface area contributed by atoms with Gasteiger partial charge in [0, 0.05) is 6.04 Å². The van der Waals surface area contributed by atoms with Crippen LogP contribution in [0.5, 0.6) is 0 Å². The van der Waals surface area contributed by atoms with Crippen molar-refractivity contribution in [3.05, 3.63) is 0 Å². The zero-order chi connectivity index (χ0) is 8.85. The van der Waals surface area contributed by atoms with E-state index in [1.165, 1.54) is 0 Å². The van der Waals surface area contributed by atoms with E-state index in [2.05, 4.69) is 42.0 Å². The van der Waals surface area contributed by atoms with Crippen LogP contribution in [0.1, 0.15) is 27.2 Å². The maximum Gasteiger partial charge on any atom is 0.230 e. The van der Waals surface area contributed by atoms with E-state index in [4.69, 9.17) is 0 Å². The van der Waals surface area contributed by atoms with Gasteiger partial charge in [-0.3, -0.25) is 4.79 Å². The number of hydrogen-bond acceptors (Lipinski definition) is 1. The lowest BCUT2D eigenvalue weighted by molar-refractivity contribution is -0.119. The zero-order valence-corrected chi connectivity index (χ0v) is 8.94. The molecule has 66 valence electrons. The van der Waals surface area contributed by atoms with Crippen LogP contribution in [0.4, 0.5) is 0 Å². The Balaban J connectivity index is 3.78. The van der Waals surface area contributed by atoms with E-state index in [1.807, 2.05) is 0 Å². The second kappa shape index (κ2) is 5.58. The third-order valence-electron chi connectivity index (χ3n) is 1.71. The highest BCUT2D eigenvalue weighted by molar-refractivity contribution is 9.09. The molecule has 0 bridgehead atoms. The average molecular weight is 222 g/mol. The summed E-state index contributed by atoms with van der Waals surface area (Å²) in [6, 6.07) is 0.319. The highest BCUT2D eigenvalue weighted by atomic mass is 79.9. The summed E-state index contributed by atoms with van der Waals surface area (Å²) >= 11 is 3.11. The molecule has 2 nitrogen and oxygen atoms in total. The molecular weight excluding hydrogens is 206 g/mol. The predicted octanol–water partition coefficient (Wildman–Crippen LogP) is 1.93. The number of nitrogens with one attached hydrogen (secondary N) is 1. The van der Waals surface area contributed by atoms with Crippen molar-refractivity contribution in [2.75, 3.05) is 5.33 Å². The molecule has 1 atom stereocenters. The fourth-order valence-corrected chi connectivity index (χ4v) is 1.15. The van der Waals surface area contributed by atoms with E-state index in [0.29, 0.717) is 17.3 Å². The quantitative estimate of drug-likeness (QED) is 0.723. The van der Waals surface area contributed by atoms with Crippen LogP contribution in [0.25, 0.3) is 0 Å². The van der Waals surface area contributed by atoms with Gasteiger partial charge in [0.25, 0.3) is 0 Å². The van der Waals surface area contributed by atoms with Gasteiger partial charge in [0.1, 0.15) is 0 Å². The fraction of sp³-hybridized carbons (Fsp3) is 0.875. The van der Waals surface area contributed by atoms with Gasteiger partial charge in [-0.15, -0.1) is 0 Å². The fourth-order valence-electron chi connectivity index (χ4n) is 0.985. The van der Waals surface area contributed by atoms with Crippen molar-refractivity contribution in [1.29, 1.82) is 0 Å². The molecule has 0 spiro atoms. The smallest absolute Gasteiger partial charge is 0.230 e. The molecule has 1 N–H and O–H groups in total. The van der Waals surface area contributed by atoms with Gasteiger partial charge in [-0.05, 0) is 12.3 Å². The summed E-state index contributed by atoms with van der Waals surface area (Å²) in [7, 11) is 0. The molecule has 0 aromatic rings. The molecule has 1 amide bonds. The maximum atomic E-state index is 10.9. The SMILES string of the molecule is CCC(NC(=O)CBr)C(C)C. The molecule has 0 aliphatic rings. The molecule has 0 aliphatic heterocycles. The molecule has 0 saturated heterocycles. The topological polar surface area (TPSA) is 29.1 Å². The molecule has 0 aromatic heterocycles.